The molecule has 0 fully saturated rings. The fourth-order valence-electron chi connectivity index (χ4n) is 3.20. The molecule has 1 amide bonds. The highest BCUT2D eigenvalue weighted by Gasteiger charge is 2.34. The molecular formula is C16H16N4O7. The fraction of sp³-hybridized carbons (Fsp3) is 0.312. The van der Waals surface area contributed by atoms with E-state index in [9.17, 15) is 29.6 Å². The molecule has 0 saturated heterocycles. The van der Waals surface area contributed by atoms with Crippen LogP contribution in [-0.4, -0.2) is 32.2 Å². The maximum Gasteiger partial charge on any atom is 0.332 e. The summed E-state index contributed by atoms with van der Waals surface area (Å²) >= 11 is 0. The van der Waals surface area contributed by atoms with Crippen molar-refractivity contribution in [1.29, 1.82) is 0 Å². The number of nitro benzene ring substituents is 1. The number of rotatable bonds is 3. The number of hydrogen-bond donors (Lipinski definition) is 2. The number of nitrogens with one attached hydrogen (secondary N) is 1. The zero-order valence-corrected chi connectivity index (χ0v) is 14.7. The second kappa shape index (κ2) is 6.27. The lowest BCUT2D eigenvalue weighted by atomic mass is 9.86. The minimum Gasteiger partial charge on any atom is -0.500 e. The highest BCUT2D eigenvalue weighted by molar-refractivity contribution is 5.94. The van der Waals surface area contributed by atoms with Gasteiger partial charge in [0, 0.05) is 32.5 Å². The first kappa shape index (κ1) is 18.2. The van der Waals surface area contributed by atoms with Crippen LogP contribution in [-0.2, 0) is 18.9 Å². The Bertz CT molecular complexity index is 1100. The van der Waals surface area contributed by atoms with E-state index in [-0.39, 0.29) is 29.1 Å². The molecule has 0 spiro atoms. The largest absolute Gasteiger partial charge is 0.500 e. The maximum atomic E-state index is 12.7. The number of aromatic hydroxyl groups is 1. The predicted octanol–water partition coefficient (Wildman–Crippen LogP) is 0.180. The Hall–Kier alpha value is -3.63. The Morgan fingerprint density at radius 3 is 2.52 bits per heavy atom. The van der Waals surface area contributed by atoms with Gasteiger partial charge in [0.25, 0.3) is 5.56 Å². The zero-order valence-electron chi connectivity index (χ0n) is 14.7. The van der Waals surface area contributed by atoms with Gasteiger partial charge in [-0.15, -0.1) is 0 Å². The first-order valence-electron chi connectivity index (χ1n) is 7.82. The van der Waals surface area contributed by atoms with Gasteiger partial charge in [-0.05, 0) is 11.6 Å². The SMILES string of the molecule is COc1cc([C@@H]2CC(=O)Nc3c2c(=O)n(C)c(=O)n3C)cc([N+](=O)[O-])c1O. The highest BCUT2D eigenvalue weighted by atomic mass is 16.6. The lowest BCUT2D eigenvalue weighted by molar-refractivity contribution is -0.386. The third-order valence-corrected chi connectivity index (χ3v) is 4.59. The summed E-state index contributed by atoms with van der Waals surface area (Å²) in [6, 6.07) is 2.43. The molecule has 11 nitrogen and oxygen atoms in total. The molecule has 0 aliphatic carbocycles. The number of carbonyl (C=O) groups excluding carboxylic acids is 1. The first-order valence-corrected chi connectivity index (χ1v) is 7.82. The number of anilines is 1. The third kappa shape index (κ3) is 2.72. The number of amides is 1. The minimum atomic E-state index is -0.854. The van der Waals surface area contributed by atoms with Gasteiger partial charge in [0.2, 0.25) is 11.7 Å². The van der Waals surface area contributed by atoms with Crippen molar-refractivity contribution >= 4 is 17.4 Å². The van der Waals surface area contributed by atoms with Gasteiger partial charge in [0.1, 0.15) is 5.82 Å². The summed E-state index contributed by atoms with van der Waals surface area (Å²) in [7, 11) is 3.94. The van der Waals surface area contributed by atoms with Crippen LogP contribution >= 0.6 is 0 Å². The summed E-state index contributed by atoms with van der Waals surface area (Å²) in [5, 5.41) is 23.7. The third-order valence-electron chi connectivity index (χ3n) is 4.59. The second-order valence-electron chi connectivity index (χ2n) is 6.12. The topological polar surface area (TPSA) is 146 Å². The number of phenolic OH excluding ortho intramolecular Hbond substituents is 1. The van der Waals surface area contributed by atoms with Gasteiger partial charge >= 0.3 is 11.4 Å². The lowest BCUT2D eigenvalue weighted by Crippen LogP contribution is -2.44. The van der Waals surface area contributed by atoms with Crippen molar-refractivity contribution in [3.63, 3.8) is 0 Å². The highest BCUT2D eigenvalue weighted by Crippen LogP contribution is 2.42. The number of phenols is 1. The minimum absolute atomic E-state index is 0.0408. The second-order valence-corrected chi connectivity index (χ2v) is 6.12. The summed E-state index contributed by atoms with van der Waals surface area (Å²) in [5.41, 5.74) is -1.48. The molecule has 2 aromatic rings. The number of nitro groups is 1. The van der Waals surface area contributed by atoms with Crippen molar-refractivity contribution in [3.8, 4) is 11.5 Å². The molecule has 1 aliphatic rings. The van der Waals surface area contributed by atoms with Gasteiger partial charge in [-0.25, -0.2) is 4.79 Å². The number of carbonyl (C=O) groups is 1. The molecule has 27 heavy (non-hydrogen) atoms. The van der Waals surface area contributed by atoms with Crippen LogP contribution in [0.15, 0.2) is 21.7 Å². The molecule has 142 valence electrons. The van der Waals surface area contributed by atoms with E-state index < -0.39 is 39.4 Å². The predicted molar refractivity (Wildman–Crippen MR) is 93.3 cm³/mol. The standard InChI is InChI=1S/C16H16N4O7/c1-18-14-12(15(23)19(2)16(18)24)8(6-11(21)17-14)7-4-9(20(25)26)13(22)10(5-7)27-3/h4-5,8,22H,6H2,1-3H3,(H,17,21)/t8-/m0/s1. The molecule has 3 rings (SSSR count). The molecule has 2 heterocycles. The van der Waals surface area contributed by atoms with E-state index >= 15 is 0 Å². The summed E-state index contributed by atoms with van der Waals surface area (Å²) in [5.74, 6) is -2.08. The number of methoxy groups -OCH3 is 1. The molecule has 0 bridgehead atoms. The normalized spacial score (nSPS) is 15.8. The van der Waals surface area contributed by atoms with Crippen LogP contribution in [0, 0.1) is 10.1 Å². The number of aromatic nitrogens is 2. The molecule has 2 N–H and O–H groups in total. The van der Waals surface area contributed by atoms with Gasteiger partial charge in [0.05, 0.1) is 17.6 Å². The van der Waals surface area contributed by atoms with E-state index in [0.29, 0.717) is 0 Å². The number of fused-ring (bicyclic) bond motifs is 1. The quantitative estimate of drug-likeness (QED) is 0.574. The summed E-state index contributed by atoms with van der Waals surface area (Å²) < 4.78 is 7.02. The Labute approximate surface area is 151 Å². The molecular weight excluding hydrogens is 360 g/mol. The molecule has 1 aromatic heterocycles. The van der Waals surface area contributed by atoms with Crippen molar-refractivity contribution in [1.82, 2.24) is 9.13 Å². The van der Waals surface area contributed by atoms with Crippen LogP contribution in [0.25, 0.3) is 0 Å². The first-order chi connectivity index (χ1) is 12.7. The number of hydrogen-bond acceptors (Lipinski definition) is 7. The molecule has 0 saturated carbocycles. The van der Waals surface area contributed by atoms with Crippen molar-refractivity contribution < 1.29 is 19.6 Å². The van der Waals surface area contributed by atoms with Gasteiger partial charge in [-0.1, -0.05) is 0 Å². The van der Waals surface area contributed by atoms with Crippen molar-refractivity contribution in [3.05, 3.63) is 54.2 Å². The van der Waals surface area contributed by atoms with Crippen LogP contribution in [0.4, 0.5) is 11.5 Å². The number of nitrogens with zero attached hydrogens (tertiary/aromatic N) is 3. The monoisotopic (exact) mass is 376 g/mol. The van der Waals surface area contributed by atoms with Gasteiger partial charge in [0.15, 0.2) is 5.75 Å². The Balaban J connectivity index is 2.34. The van der Waals surface area contributed by atoms with Crippen molar-refractivity contribution in [2.75, 3.05) is 12.4 Å². The van der Waals surface area contributed by atoms with E-state index in [1.807, 2.05) is 0 Å². The summed E-state index contributed by atoms with van der Waals surface area (Å²) in [6.45, 7) is 0. The maximum absolute atomic E-state index is 12.7. The smallest absolute Gasteiger partial charge is 0.332 e. The van der Waals surface area contributed by atoms with E-state index in [4.69, 9.17) is 4.74 Å². The average Bonchev–Trinajstić information content (AvgIpc) is 2.63. The molecule has 0 radical (unpaired) electrons. The number of benzene rings is 1. The van der Waals surface area contributed by atoms with Crippen LogP contribution in [0.1, 0.15) is 23.5 Å². The van der Waals surface area contributed by atoms with Crippen LogP contribution < -0.4 is 21.3 Å². The molecule has 11 heteroatoms. The Morgan fingerprint density at radius 2 is 1.93 bits per heavy atom. The van der Waals surface area contributed by atoms with E-state index in [0.717, 1.165) is 15.2 Å². The van der Waals surface area contributed by atoms with E-state index in [1.54, 1.807) is 0 Å². The molecule has 1 aliphatic heterocycles. The number of ether oxygens (including phenoxy) is 1. The lowest BCUT2D eigenvalue weighted by Gasteiger charge is -2.27. The van der Waals surface area contributed by atoms with E-state index in [1.165, 1.54) is 27.3 Å². The van der Waals surface area contributed by atoms with Gasteiger partial charge in [-0.3, -0.25) is 28.8 Å². The van der Waals surface area contributed by atoms with Crippen molar-refractivity contribution in [2.45, 2.75) is 12.3 Å². The van der Waals surface area contributed by atoms with Crippen LogP contribution in [0.3, 0.4) is 0 Å². The Morgan fingerprint density at radius 1 is 1.26 bits per heavy atom. The molecule has 1 atom stereocenters. The average molecular weight is 376 g/mol. The van der Waals surface area contributed by atoms with Gasteiger partial charge in [-0.2, -0.15) is 0 Å². The van der Waals surface area contributed by atoms with Crippen LogP contribution in [0.5, 0.6) is 11.5 Å². The van der Waals surface area contributed by atoms with Gasteiger partial charge < -0.3 is 15.2 Å². The fourth-order valence-corrected chi connectivity index (χ4v) is 3.20. The zero-order chi connectivity index (χ0) is 20.0. The molecule has 1 aromatic carbocycles. The summed E-state index contributed by atoms with van der Waals surface area (Å²) in [6.07, 6.45) is -0.161. The van der Waals surface area contributed by atoms with Crippen LogP contribution in [0.2, 0.25) is 0 Å². The molecule has 0 unspecified atom stereocenters. The summed E-state index contributed by atoms with van der Waals surface area (Å²) in [4.78, 5) is 47.5. The van der Waals surface area contributed by atoms with E-state index in [2.05, 4.69) is 5.32 Å². The van der Waals surface area contributed by atoms with Crippen molar-refractivity contribution in [2.24, 2.45) is 14.1 Å². The Kier molecular flexibility index (Phi) is 4.22.